The molecule has 1 rings (SSSR count). The third-order valence-electron chi connectivity index (χ3n) is 2.93. The van der Waals surface area contributed by atoms with Gasteiger partial charge in [-0.05, 0) is 20.3 Å². The Balaban J connectivity index is 3.00. The van der Waals surface area contributed by atoms with Crippen molar-refractivity contribution in [3.05, 3.63) is 17.5 Å². The van der Waals surface area contributed by atoms with Crippen LogP contribution in [0.1, 0.15) is 36.9 Å². The molecule has 0 aromatic carbocycles. The Morgan fingerprint density at radius 1 is 1.55 bits per heavy atom. The first-order valence-electron chi connectivity index (χ1n) is 6.81. The largest absolute Gasteiger partial charge is 0.382 e. The molecule has 0 aliphatic rings. The van der Waals surface area contributed by atoms with E-state index in [1.807, 2.05) is 25.8 Å². The molecule has 1 amide bonds. The van der Waals surface area contributed by atoms with Gasteiger partial charge in [-0.15, -0.1) is 6.58 Å². The Labute approximate surface area is 125 Å². The lowest BCUT2D eigenvalue weighted by atomic mass is 10.3. The molecule has 5 nitrogen and oxygen atoms in total. The van der Waals surface area contributed by atoms with Gasteiger partial charge in [0.05, 0.1) is 0 Å². The third kappa shape index (κ3) is 3.72. The minimum atomic E-state index is -0.0777. The molecule has 0 fully saturated rings. The molecule has 0 spiro atoms. The number of aromatic nitrogens is 1. The second kappa shape index (κ2) is 7.28. The zero-order valence-corrected chi connectivity index (χ0v) is 13.5. The van der Waals surface area contributed by atoms with Crippen molar-refractivity contribution in [3.63, 3.8) is 0 Å². The fourth-order valence-corrected chi connectivity index (χ4v) is 2.79. The maximum atomic E-state index is 12.5. The van der Waals surface area contributed by atoms with Crippen molar-refractivity contribution in [1.82, 2.24) is 9.88 Å². The maximum absolute atomic E-state index is 12.5. The van der Waals surface area contributed by atoms with Crippen molar-refractivity contribution in [2.24, 2.45) is 0 Å². The van der Waals surface area contributed by atoms with E-state index in [4.69, 9.17) is 5.73 Å². The van der Waals surface area contributed by atoms with Crippen LogP contribution in [-0.2, 0) is 0 Å². The Hall–Kier alpha value is -1.56. The molecule has 0 saturated heterocycles. The van der Waals surface area contributed by atoms with Crippen molar-refractivity contribution < 1.29 is 4.79 Å². The quantitative estimate of drug-likeness (QED) is 0.786. The summed E-state index contributed by atoms with van der Waals surface area (Å²) in [5.74, 6) is 0.235. The zero-order valence-electron chi connectivity index (χ0n) is 12.7. The maximum Gasteiger partial charge on any atom is 0.268 e. The van der Waals surface area contributed by atoms with Gasteiger partial charge in [-0.2, -0.15) is 0 Å². The summed E-state index contributed by atoms with van der Waals surface area (Å²) >= 11 is 1.35. The van der Waals surface area contributed by atoms with E-state index < -0.39 is 0 Å². The third-order valence-corrected chi connectivity index (χ3v) is 4.11. The number of carbonyl (C=O) groups is 1. The van der Waals surface area contributed by atoms with E-state index in [2.05, 4.69) is 18.5 Å². The number of rotatable bonds is 7. The van der Waals surface area contributed by atoms with Crippen LogP contribution in [0.15, 0.2) is 12.7 Å². The minimum absolute atomic E-state index is 0.0777. The zero-order chi connectivity index (χ0) is 15.3. The highest BCUT2D eigenvalue weighted by Gasteiger charge is 2.24. The smallest absolute Gasteiger partial charge is 0.268 e. The molecule has 112 valence electrons. The van der Waals surface area contributed by atoms with Gasteiger partial charge in [0.2, 0.25) is 0 Å². The highest BCUT2D eigenvalue weighted by Crippen LogP contribution is 2.29. The molecule has 0 atom stereocenters. The van der Waals surface area contributed by atoms with Crippen LogP contribution >= 0.6 is 11.3 Å². The summed E-state index contributed by atoms with van der Waals surface area (Å²) in [4.78, 5) is 21.1. The van der Waals surface area contributed by atoms with E-state index in [0.29, 0.717) is 17.2 Å². The number of thiazole rings is 1. The Bertz CT molecular complexity index is 470. The number of nitrogen functional groups attached to an aromatic ring is 1. The Morgan fingerprint density at radius 2 is 2.20 bits per heavy atom. The molecule has 0 saturated carbocycles. The van der Waals surface area contributed by atoms with E-state index in [1.54, 1.807) is 11.0 Å². The van der Waals surface area contributed by atoms with Gasteiger partial charge in [-0.25, -0.2) is 4.98 Å². The predicted molar refractivity (Wildman–Crippen MR) is 86.5 cm³/mol. The Kier molecular flexibility index (Phi) is 6.01. The number of hydrogen-bond acceptors (Lipinski definition) is 5. The second-order valence-corrected chi connectivity index (χ2v) is 5.95. The standard InChI is InChI=1S/C14H24N4OS/c1-6-8-17(5)14-16-12(15)11(20-14)13(19)18(9-7-2)10(3)4/h7,10H,2,6,8-9,15H2,1,3-5H3. The number of anilines is 2. The van der Waals surface area contributed by atoms with Crippen molar-refractivity contribution in [1.29, 1.82) is 0 Å². The van der Waals surface area contributed by atoms with Crippen LogP contribution in [0, 0.1) is 0 Å². The fraction of sp³-hybridized carbons (Fsp3) is 0.571. The van der Waals surface area contributed by atoms with Gasteiger partial charge in [0.25, 0.3) is 5.91 Å². The van der Waals surface area contributed by atoms with E-state index in [9.17, 15) is 4.79 Å². The molecule has 0 radical (unpaired) electrons. The lowest BCUT2D eigenvalue weighted by Crippen LogP contribution is -2.36. The molecule has 1 aromatic rings. The summed E-state index contributed by atoms with van der Waals surface area (Å²) in [6.45, 7) is 11.1. The molecule has 0 bridgehead atoms. The predicted octanol–water partition coefficient (Wildman–Crippen LogP) is 2.61. The number of nitrogens with two attached hydrogens (primary N) is 1. The van der Waals surface area contributed by atoms with Crippen molar-refractivity contribution in [2.75, 3.05) is 30.8 Å². The summed E-state index contributed by atoms with van der Waals surface area (Å²) in [7, 11) is 1.96. The number of carbonyl (C=O) groups excluding carboxylic acids is 1. The topological polar surface area (TPSA) is 62.5 Å². The lowest BCUT2D eigenvalue weighted by molar-refractivity contribution is 0.0734. The number of hydrogen-bond donors (Lipinski definition) is 1. The van der Waals surface area contributed by atoms with Crippen LogP contribution in [0.2, 0.25) is 0 Å². The average molecular weight is 296 g/mol. The van der Waals surface area contributed by atoms with E-state index in [-0.39, 0.29) is 11.9 Å². The van der Waals surface area contributed by atoms with E-state index in [1.165, 1.54) is 11.3 Å². The van der Waals surface area contributed by atoms with Crippen LogP contribution in [0.3, 0.4) is 0 Å². The molecule has 20 heavy (non-hydrogen) atoms. The molecule has 1 aromatic heterocycles. The molecular formula is C14H24N4OS. The van der Waals surface area contributed by atoms with Gasteiger partial charge in [-0.1, -0.05) is 24.3 Å². The van der Waals surface area contributed by atoms with E-state index >= 15 is 0 Å². The number of amides is 1. The van der Waals surface area contributed by atoms with Crippen LogP contribution < -0.4 is 10.6 Å². The van der Waals surface area contributed by atoms with Gasteiger partial charge in [-0.3, -0.25) is 4.79 Å². The molecule has 2 N–H and O–H groups in total. The van der Waals surface area contributed by atoms with Crippen molar-refractivity contribution in [2.45, 2.75) is 33.2 Å². The number of nitrogens with zero attached hydrogens (tertiary/aromatic N) is 3. The van der Waals surface area contributed by atoms with E-state index in [0.717, 1.165) is 18.1 Å². The van der Waals surface area contributed by atoms with Crippen molar-refractivity contribution in [3.8, 4) is 0 Å². The molecule has 1 heterocycles. The van der Waals surface area contributed by atoms with Gasteiger partial charge < -0.3 is 15.5 Å². The van der Waals surface area contributed by atoms with Gasteiger partial charge >= 0.3 is 0 Å². The molecule has 0 aliphatic heterocycles. The summed E-state index contributed by atoms with van der Waals surface area (Å²) in [5.41, 5.74) is 5.91. The molecule has 0 aliphatic carbocycles. The fourth-order valence-electron chi connectivity index (χ4n) is 1.87. The van der Waals surface area contributed by atoms with Crippen LogP contribution in [0.4, 0.5) is 10.9 Å². The first-order valence-corrected chi connectivity index (χ1v) is 7.63. The van der Waals surface area contributed by atoms with Crippen molar-refractivity contribution >= 4 is 28.2 Å². The average Bonchev–Trinajstić information content (AvgIpc) is 2.77. The van der Waals surface area contributed by atoms with Gasteiger partial charge in [0.15, 0.2) is 5.13 Å². The summed E-state index contributed by atoms with van der Waals surface area (Å²) < 4.78 is 0. The Morgan fingerprint density at radius 3 is 2.70 bits per heavy atom. The summed E-state index contributed by atoms with van der Waals surface area (Å²) in [6, 6.07) is 0.0961. The first kappa shape index (κ1) is 16.5. The second-order valence-electron chi connectivity index (χ2n) is 4.97. The highest BCUT2D eigenvalue weighted by molar-refractivity contribution is 7.18. The first-order chi connectivity index (χ1) is 9.42. The SMILES string of the molecule is C=CCN(C(=O)c1sc(N(C)CCC)nc1N)C(C)C. The van der Waals surface area contributed by atoms with Crippen LogP contribution in [0.25, 0.3) is 0 Å². The van der Waals surface area contributed by atoms with Gasteiger partial charge in [0, 0.05) is 26.2 Å². The summed E-state index contributed by atoms with van der Waals surface area (Å²) in [5, 5.41) is 0.787. The molecule has 6 heteroatoms. The van der Waals surface area contributed by atoms with Gasteiger partial charge in [0.1, 0.15) is 10.7 Å². The summed E-state index contributed by atoms with van der Waals surface area (Å²) in [6.07, 6.45) is 2.74. The minimum Gasteiger partial charge on any atom is -0.382 e. The lowest BCUT2D eigenvalue weighted by Gasteiger charge is -2.24. The highest BCUT2D eigenvalue weighted by atomic mass is 32.1. The molecule has 0 unspecified atom stereocenters. The monoisotopic (exact) mass is 296 g/mol. The van der Waals surface area contributed by atoms with Crippen LogP contribution in [0.5, 0.6) is 0 Å². The molecular weight excluding hydrogens is 272 g/mol. The van der Waals surface area contributed by atoms with Crippen LogP contribution in [-0.4, -0.2) is 42.0 Å². The normalized spacial score (nSPS) is 10.7.